The van der Waals surface area contributed by atoms with Crippen LogP contribution in [-0.4, -0.2) is 31.6 Å². The molecule has 1 aromatic carbocycles. The highest BCUT2D eigenvalue weighted by atomic mass is 16.5. The van der Waals surface area contributed by atoms with Crippen LogP contribution in [0.4, 0.5) is 0 Å². The van der Waals surface area contributed by atoms with Crippen molar-refractivity contribution in [2.24, 2.45) is 5.92 Å². The molecular formula is C16H18O4. The standard InChI is InChI=1S/C16H18O4/c1-11(10-12-6-4-3-5-7-12)15-14(16(18)19-2)13(17)8-9-20-15/h3-7,10,14-15H,8-9H2,1-2H3/b11-10+/t14-,15+/m0/s1. The second-order valence-electron chi connectivity index (χ2n) is 4.81. The Bertz CT molecular complexity index is 511. The van der Waals surface area contributed by atoms with Gasteiger partial charge in [0.2, 0.25) is 0 Å². The van der Waals surface area contributed by atoms with Crippen molar-refractivity contribution in [1.82, 2.24) is 0 Å². The number of Topliss-reactive ketones (excluding diaryl/α,β-unsaturated/α-hetero) is 1. The Balaban J connectivity index is 2.26. The third-order valence-corrected chi connectivity index (χ3v) is 3.39. The molecule has 1 heterocycles. The van der Waals surface area contributed by atoms with Gasteiger partial charge in [0.25, 0.3) is 0 Å². The van der Waals surface area contributed by atoms with Crippen LogP contribution in [0, 0.1) is 5.92 Å². The first-order chi connectivity index (χ1) is 9.63. The Kier molecular flexibility index (Phi) is 4.69. The molecule has 20 heavy (non-hydrogen) atoms. The van der Waals surface area contributed by atoms with E-state index in [2.05, 4.69) is 0 Å². The summed E-state index contributed by atoms with van der Waals surface area (Å²) in [6.07, 6.45) is 1.65. The highest BCUT2D eigenvalue weighted by Crippen LogP contribution is 2.26. The maximum atomic E-state index is 12.0. The van der Waals surface area contributed by atoms with Gasteiger partial charge in [-0.05, 0) is 18.1 Å². The van der Waals surface area contributed by atoms with Crippen LogP contribution >= 0.6 is 0 Å². The van der Waals surface area contributed by atoms with E-state index in [0.29, 0.717) is 6.61 Å². The van der Waals surface area contributed by atoms with Crippen molar-refractivity contribution in [2.45, 2.75) is 19.4 Å². The van der Waals surface area contributed by atoms with Gasteiger partial charge >= 0.3 is 5.97 Å². The minimum atomic E-state index is -0.853. The number of carbonyl (C=O) groups excluding carboxylic acids is 2. The van der Waals surface area contributed by atoms with Gasteiger partial charge in [0.1, 0.15) is 5.92 Å². The van der Waals surface area contributed by atoms with Gasteiger partial charge < -0.3 is 9.47 Å². The number of carbonyl (C=O) groups is 2. The maximum absolute atomic E-state index is 12.0. The van der Waals surface area contributed by atoms with E-state index in [1.54, 1.807) is 0 Å². The molecule has 1 saturated heterocycles. The van der Waals surface area contributed by atoms with E-state index >= 15 is 0 Å². The fourth-order valence-electron chi connectivity index (χ4n) is 2.38. The minimum Gasteiger partial charge on any atom is -0.468 e. The lowest BCUT2D eigenvalue weighted by atomic mass is 9.88. The van der Waals surface area contributed by atoms with Crippen LogP contribution in [0.15, 0.2) is 35.9 Å². The molecule has 1 aliphatic rings. The Morgan fingerprint density at radius 1 is 1.35 bits per heavy atom. The van der Waals surface area contributed by atoms with Crippen molar-refractivity contribution in [3.8, 4) is 0 Å². The van der Waals surface area contributed by atoms with Crippen molar-refractivity contribution >= 4 is 17.8 Å². The van der Waals surface area contributed by atoms with E-state index in [1.807, 2.05) is 43.3 Å². The highest BCUT2D eigenvalue weighted by molar-refractivity contribution is 6.00. The van der Waals surface area contributed by atoms with Crippen molar-refractivity contribution in [2.75, 3.05) is 13.7 Å². The molecule has 0 aliphatic carbocycles. The van der Waals surface area contributed by atoms with Crippen molar-refractivity contribution in [1.29, 1.82) is 0 Å². The third-order valence-electron chi connectivity index (χ3n) is 3.39. The molecule has 0 saturated carbocycles. The first-order valence-corrected chi connectivity index (χ1v) is 6.59. The largest absolute Gasteiger partial charge is 0.468 e. The summed E-state index contributed by atoms with van der Waals surface area (Å²) in [4.78, 5) is 23.7. The second kappa shape index (κ2) is 6.48. The van der Waals surface area contributed by atoms with E-state index in [9.17, 15) is 9.59 Å². The molecule has 0 N–H and O–H groups in total. The Hall–Kier alpha value is -1.94. The fourth-order valence-corrected chi connectivity index (χ4v) is 2.38. The minimum absolute atomic E-state index is 0.117. The SMILES string of the molecule is COC(=O)[C@H]1C(=O)CCO[C@@H]1/C(C)=C/c1ccccc1. The molecule has 106 valence electrons. The molecule has 1 fully saturated rings. The van der Waals surface area contributed by atoms with E-state index in [4.69, 9.17) is 9.47 Å². The zero-order valence-electron chi connectivity index (χ0n) is 11.7. The van der Waals surface area contributed by atoms with Crippen LogP contribution in [0.5, 0.6) is 0 Å². The number of rotatable bonds is 3. The summed E-state index contributed by atoms with van der Waals surface area (Å²) in [6.45, 7) is 2.21. The van der Waals surface area contributed by atoms with Gasteiger partial charge in [0.15, 0.2) is 5.78 Å². The van der Waals surface area contributed by atoms with Gasteiger partial charge in [-0.1, -0.05) is 36.4 Å². The molecule has 1 aliphatic heterocycles. The lowest BCUT2D eigenvalue weighted by Gasteiger charge is -2.29. The molecular weight excluding hydrogens is 256 g/mol. The molecule has 1 aromatic rings. The third kappa shape index (κ3) is 3.14. The predicted molar refractivity (Wildman–Crippen MR) is 75.0 cm³/mol. The monoisotopic (exact) mass is 274 g/mol. The molecule has 0 bridgehead atoms. The summed E-state index contributed by atoms with van der Waals surface area (Å²) in [6, 6.07) is 9.72. The lowest BCUT2D eigenvalue weighted by Crippen LogP contribution is -2.43. The van der Waals surface area contributed by atoms with Gasteiger partial charge in [0, 0.05) is 6.42 Å². The van der Waals surface area contributed by atoms with Gasteiger partial charge in [-0.3, -0.25) is 9.59 Å². The van der Waals surface area contributed by atoms with E-state index in [1.165, 1.54) is 7.11 Å². The Morgan fingerprint density at radius 2 is 2.05 bits per heavy atom. The smallest absolute Gasteiger partial charge is 0.319 e. The Labute approximate surface area is 118 Å². The highest BCUT2D eigenvalue weighted by Gasteiger charge is 2.40. The second-order valence-corrected chi connectivity index (χ2v) is 4.81. The molecule has 4 heteroatoms. The molecule has 2 rings (SSSR count). The topological polar surface area (TPSA) is 52.6 Å². The number of esters is 1. The summed E-state index contributed by atoms with van der Waals surface area (Å²) in [5.74, 6) is -1.50. The normalized spacial score (nSPS) is 23.5. The van der Waals surface area contributed by atoms with Gasteiger partial charge in [-0.2, -0.15) is 0 Å². The maximum Gasteiger partial charge on any atom is 0.319 e. The summed E-state index contributed by atoms with van der Waals surface area (Å²) in [7, 11) is 1.29. The quantitative estimate of drug-likeness (QED) is 0.626. The number of benzene rings is 1. The Morgan fingerprint density at radius 3 is 2.70 bits per heavy atom. The number of hydrogen-bond donors (Lipinski definition) is 0. The van der Waals surface area contributed by atoms with Crippen LogP contribution in [0.25, 0.3) is 6.08 Å². The molecule has 0 unspecified atom stereocenters. The molecule has 0 amide bonds. The summed E-state index contributed by atoms with van der Waals surface area (Å²) >= 11 is 0. The van der Waals surface area contributed by atoms with Crippen LogP contribution < -0.4 is 0 Å². The van der Waals surface area contributed by atoms with E-state index < -0.39 is 18.0 Å². The zero-order chi connectivity index (χ0) is 14.5. The van der Waals surface area contributed by atoms with Crippen molar-refractivity contribution in [3.63, 3.8) is 0 Å². The number of hydrogen-bond acceptors (Lipinski definition) is 4. The molecule has 2 atom stereocenters. The molecule has 0 spiro atoms. The lowest BCUT2D eigenvalue weighted by molar-refractivity contribution is -0.159. The number of methoxy groups -OCH3 is 1. The summed E-state index contributed by atoms with van der Waals surface area (Å²) in [5, 5.41) is 0. The predicted octanol–water partition coefficient (Wildman–Crippen LogP) is 2.24. The van der Waals surface area contributed by atoms with Gasteiger partial charge in [-0.15, -0.1) is 0 Å². The molecule has 0 aromatic heterocycles. The van der Waals surface area contributed by atoms with E-state index in [-0.39, 0.29) is 12.2 Å². The van der Waals surface area contributed by atoms with Crippen LogP contribution in [0.3, 0.4) is 0 Å². The van der Waals surface area contributed by atoms with Crippen LogP contribution in [0.1, 0.15) is 18.9 Å². The van der Waals surface area contributed by atoms with Crippen molar-refractivity contribution < 1.29 is 19.1 Å². The van der Waals surface area contributed by atoms with Gasteiger partial charge in [-0.25, -0.2) is 0 Å². The van der Waals surface area contributed by atoms with Crippen LogP contribution in [0.2, 0.25) is 0 Å². The first kappa shape index (κ1) is 14.5. The number of ketones is 1. The first-order valence-electron chi connectivity index (χ1n) is 6.59. The average molecular weight is 274 g/mol. The van der Waals surface area contributed by atoms with Crippen molar-refractivity contribution in [3.05, 3.63) is 41.5 Å². The summed E-state index contributed by atoms with van der Waals surface area (Å²) < 4.78 is 10.4. The molecule has 4 nitrogen and oxygen atoms in total. The van der Waals surface area contributed by atoms with Gasteiger partial charge in [0.05, 0.1) is 19.8 Å². The zero-order valence-corrected chi connectivity index (χ0v) is 11.7. The summed E-state index contributed by atoms with van der Waals surface area (Å²) in [5.41, 5.74) is 1.86. The molecule has 0 radical (unpaired) electrons. The van der Waals surface area contributed by atoms with Crippen LogP contribution in [-0.2, 0) is 19.1 Å². The fraction of sp³-hybridized carbons (Fsp3) is 0.375. The van der Waals surface area contributed by atoms with E-state index in [0.717, 1.165) is 11.1 Å². The number of ether oxygens (including phenoxy) is 2. The average Bonchev–Trinajstić information content (AvgIpc) is 2.47.